The minimum Gasteiger partial charge on any atom is -0.481 e. The highest BCUT2D eigenvalue weighted by molar-refractivity contribution is 5.97. The number of carbonyl (C=O) groups is 2. The van der Waals surface area contributed by atoms with E-state index in [9.17, 15) is 14.0 Å². The first-order valence-corrected chi connectivity index (χ1v) is 6.89. The van der Waals surface area contributed by atoms with E-state index in [1.807, 2.05) is 0 Å². The average molecular weight is 277 g/mol. The Bertz CT molecular complexity index is 572. The lowest BCUT2D eigenvalue weighted by Crippen LogP contribution is -2.34. The Morgan fingerprint density at radius 1 is 1.25 bits per heavy atom. The van der Waals surface area contributed by atoms with Gasteiger partial charge in [-0.15, -0.1) is 0 Å². The maximum absolute atomic E-state index is 13.3. The van der Waals surface area contributed by atoms with Crippen LogP contribution in [0.5, 0.6) is 0 Å². The van der Waals surface area contributed by atoms with Gasteiger partial charge in [0.15, 0.2) is 0 Å². The number of anilines is 1. The maximum Gasteiger partial charge on any atom is 0.306 e. The molecule has 2 atom stereocenters. The number of carbonyl (C=O) groups excluding carboxylic acids is 1. The molecule has 2 aliphatic rings. The number of carboxylic acid groups (broad SMARTS) is 1. The topological polar surface area (TPSA) is 57.6 Å². The van der Waals surface area contributed by atoms with E-state index < -0.39 is 11.9 Å². The maximum atomic E-state index is 13.3. The summed E-state index contributed by atoms with van der Waals surface area (Å²) in [4.78, 5) is 25.1. The summed E-state index contributed by atoms with van der Waals surface area (Å²) in [6.45, 7) is 0.561. The lowest BCUT2D eigenvalue weighted by atomic mass is 10.0. The van der Waals surface area contributed by atoms with Crippen molar-refractivity contribution in [1.82, 2.24) is 0 Å². The van der Waals surface area contributed by atoms with Gasteiger partial charge in [-0.2, -0.15) is 0 Å². The van der Waals surface area contributed by atoms with Crippen LogP contribution in [0.4, 0.5) is 10.1 Å². The summed E-state index contributed by atoms with van der Waals surface area (Å²) < 4.78 is 13.3. The summed E-state index contributed by atoms with van der Waals surface area (Å²) >= 11 is 0. The highest BCUT2D eigenvalue weighted by atomic mass is 19.1. The van der Waals surface area contributed by atoms with Gasteiger partial charge in [0.2, 0.25) is 5.91 Å². The molecule has 1 heterocycles. The molecular formula is C15H16FNO3. The predicted octanol–water partition coefficient (Wildman–Crippen LogP) is 2.22. The number of rotatable bonds is 2. The number of halogens is 1. The Labute approximate surface area is 116 Å². The molecule has 1 aromatic rings. The molecule has 1 fully saturated rings. The van der Waals surface area contributed by atoms with Crippen molar-refractivity contribution in [2.75, 3.05) is 11.4 Å². The fraction of sp³-hybridized carbons (Fsp3) is 0.467. The summed E-state index contributed by atoms with van der Waals surface area (Å²) in [7, 11) is 0. The molecule has 3 rings (SSSR count). The zero-order chi connectivity index (χ0) is 14.3. The molecule has 5 heteroatoms. The van der Waals surface area contributed by atoms with Crippen LogP contribution < -0.4 is 4.90 Å². The van der Waals surface area contributed by atoms with Crippen LogP contribution in [0.25, 0.3) is 0 Å². The van der Waals surface area contributed by atoms with Crippen molar-refractivity contribution in [1.29, 1.82) is 0 Å². The van der Waals surface area contributed by atoms with Crippen molar-refractivity contribution in [2.24, 2.45) is 11.8 Å². The van der Waals surface area contributed by atoms with Crippen LogP contribution in [0.15, 0.2) is 18.2 Å². The van der Waals surface area contributed by atoms with Crippen LogP contribution >= 0.6 is 0 Å². The van der Waals surface area contributed by atoms with E-state index >= 15 is 0 Å². The zero-order valence-electron chi connectivity index (χ0n) is 11.0. The predicted molar refractivity (Wildman–Crippen MR) is 70.9 cm³/mol. The molecule has 1 aromatic carbocycles. The number of aliphatic carboxylic acids is 1. The second-order valence-electron chi connectivity index (χ2n) is 5.56. The molecule has 0 spiro atoms. The number of nitrogens with zero attached hydrogens (tertiary/aromatic N) is 1. The molecule has 4 nitrogen and oxygen atoms in total. The number of hydrogen-bond donors (Lipinski definition) is 1. The van der Waals surface area contributed by atoms with Crippen molar-refractivity contribution in [3.05, 3.63) is 29.6 Å². The van der Waals surface area contributed by atoms with Crippen molar-refractivity contribution in [3.8, 4) is 0 Å². The summed E-state index contributed by atoms with van der Waals surface area (Å²) in [5.41, 5.74) is 1.63. The van der Waals surface area contributed by atoms with Gasteiger partial charge < -0.3 is 10.0 Å². The van der Waals surface area contributed by atoms with E-state index in [2.05, 4.69) is 0 Å². The van der Waals surface area contributed by atoms with Crippen LogP contribution in [0.1, 0.15) is 24.8 Å². The van der Waals surface area contributed by atoms with Gasteiger partial charge in [0.1, 0.15) is 5.82 Å². The average Bonchev–Trinajstić information content (AvgIpc) is 3.04. The standard InChI is InChI=1S/C15H16FNO3/c16-12-4-3-9-5-6-17(13(9)8-12)14(18)10-1-2-11(7-10)15(19)20/h3-4,8,10-11H,1-2,5-7H2,(H,19,20)/t10-,11+/m1/s1. The third-order valence-corrected chi connectivity index (χ3v) is 4.34. The number of carboxylic acids is 1. The van der Waals surface area contributed by atoms with Crippen molar-refractivity contribution in [3.63, 3.8) is 0 Å². The number of benzene rings is 1. The molecular weight excluding hydrogens is 261 g/mol. The zero-order valence-corrected chi connectivity index (χ0v) is 11.0. The molecule has 1 saturated carbocycles. The van der Waals surface area contributed by atoms with Crippen LogP contribution in [-0.2, 0) is 16.0 Å². The summed E-state index contributed by atoms with van der Waals surface area (Å²) in [5, 5.41) is 9.00. The molecule has 0 aromatic heterocycles. The Balaban J connectivity index is 1.77. The molecule has 0 unspecified atom stereocenters. The van der Waals surface area contributed by atoms with Crippen molar-refractivity contribution < 1.29 is 19.1 Å². The van der Waals surface area contributed by atoms with Crippen LogP contribution in [-0.4, -0.2) is 23.5 Å². The van der Waals surface area contributed by atoms with Crippen LogP contribution in [0.3, 0.4) is 0 Å². The first kappa shape index (κ1) is 13.1. The third-order valence-electron chi connectivity index (χ3n) is 4.34. The van der Waals surface area contributed by atoms with Gasteiger partial charge in [-0.3, -0.25) is 9.59 Å². The van der Waals surface area contributed by atoms with Gasteiger partial charge in [0.05, 0.1) is 5.92 Å². The Kier molecular flexibility index (Phi) is 3.20. The van der Waals surface area contributed by atoms with Crippen LogP contribution in [0.2, 0.25) is 0 Å². The van der Waals surface area contributed by atoms with E-state index in [0.29, 0.717) is 31.5 Å². The lowest BCUT2D eigenvalue weighted by molar-refractivity contribution is -0.141. The largest absolute Gasteiger partial charge is 0.481 e. The van der Waals surface area contributed by atoms with Gasteiger partial charge in [0, 0.05) is 18.2 Å². The quantitative estimate of drug-likeness (QED) is 0.901. The van der Waals surface area contributed by atoms with Gasteiger partial charge >= 0.3 is 5.97 Å². The fourth-order valence-corrected chi connectivity index (χ4v) is 3.23. The second-order valence-corrected chi connectivity index (χ2v) is 5.56. The fourth-order valence-electron chi connectivity index (χ4n) is 3.23. The number of fused-ring (bicyclic) bond motifs is 1. The molecule has 106 valence electrons. The van der Waals surface area contributed by atoms with Gasteiger partial charge in [0.25, 0.3) is 0 Å². The molecule has 20 heavy (non-hydrogen) atoms. The molecule has 1 aliphatic carbocycles. The van der Waals surface area contributed by atoms with Crippen molar-refractivity contribution >= 4 is 17.6 Å². The molecule has 1 amide bonds. The second kappa shape index (κ2) is 4.89. The molecule has 0 saturated heterocycles. The smallest absolute Gasteiger partial charge is 0.306 e. The third kappa shape index (κ3) is 2.17. The summed E-state index contributed by atoms with van der Waals surface area (Å²) in [6, 6.07) is 4.51. The van der Waals surface area contributed by atoms with Gasteiger partial charge in [-0.1, -0.05) is 6.07 Å². The number of amides is 1. The Hall–Kier alpha value is -1.91. The minimum atomic E-state index is -0.826. The highest BCUT2D eigenvalue weighted by Gasteiger charge is 2.37. The first-order chi connectivity index (χ1) is 9.56. The van der Waals surface area contributed by atoms with E-state index in [4.69, 9.17) is 5.11 Å². The van der Waals surface area contributed by atoms with Gasteiger partial charge in [-0.05, 0) is 43.4 Å². The Morgan fingerprint density at radius 2 is 2.00 bits per heavy atom. The normalized spacial score (nSPS) is 24.8. The summed E-state index contributed by atoms with van der Waals surface area (Å²) in [5.74, 6) is -1.89. The molecule has 1 N–H and O–H groups in total. The SMILES string of the molecule is O=C(O)[C@H]1CC[C@@H](C(=O)N2CCc3ccc(F)cc32)C1. The van der Waals surface area contributed by atoms with Crippen molar-refractivity contribution in [2.45, 2.75) is 25.7 Å². The Morgan fingerprint density at radius 3 is 2.70 bits per heavy atom. The van der Waals surface area contributed by atoms with E-state index in [-0.39, 0.29) is 17.6 Å². The number of hydrogen-bond acceptors (Lipinski definition) is 2. The van der Waals surface area contributed by atoms with E-state index in [1.54, 1.807) is 11.0 Å². The monoisotopic (exact) mass is 277 g/mol. The van der Waals surface area contributed by atoms with Crippen LogP contribution in [0, 0.1) is 17.7 Å². The molecule has 0 bridgehead atoms. The first-order valence-electron chi connectivity index (χ1n) is 6.89. The molecule has 0 radical (unpaired) electrons. The summed E-state index contributed by atoms with van der Waals surface area (Å²) in [6.07, 6.45) is 2.29. The minimum absolute atomic E-state index is 0.0573. The highest BCUT2D eigenvalue weighted by Crippen LogP contribution is 2.36. The van der Waals surface area contributed by atoms with E-state index in [1.165, 1.54) is 12.1 Å². The molecule has 1 aliphatic heterocycles. The van der Waals surface area contributed by atoms with E-state index in [0.717, 1.165) is 12.0 Å². The van der Waals surface area contributed by atoms with Gasteiger partial charge in [-0.25, -0.2) is 4.39 Å². The lowest BCUT2D eigenvalue weighted by Gasteiger charge is -2.21.